The Morgan fingerprint density at radius 1 is 1.41 bits per heavy atom. The Hall–Kier alpha value is -0.610. The second kappa shape index (κ2) is 5.83. The normalized spacial score (nSPS) is 27.1. The average Bonchev–Trinajstić information content (AvgIpc) is 3.10. The molecule has 1 saturated carbocycles. The lowest BCUT2D eigenvalue weighted by molar-refractivity contribution is -0.138. The van der Waals surface area contributed by atoms with E-state index in [2.05, 4.69) is 17.1 Å². The number of piperidine rings is 1. The minimum absolute atomic E-state index is 0.170. The number of carboxylic acid groups (broad SMARTS) is 1. The Kier molecular flexibility index (Phi) is 4.40. The van der Waals surface area contributed by atoms with Gasteiger partial charge in [0.25, 0.3) is 0 Å². The Labute approximate surface area is 103 Å². The molecule has 0 radical (unpaired) electrons. The molecule has 0 amide bonds. The van der Waals surface area contributed by atoms with Gasteiger partial charge in [-0.05, 0) is 39.2 Å². The van der Waals surface area contributed by atoms with Crippen LogP contribution >= 0.6 is 0 Å². The van der Waals surface area contributed by atoms with Crippen LogP contribution in [-0.4, -0.2) is 47.2 Å². The van der Waals surface area contributed by atoms with Crippen molar-refractivity contribution in [2.24, 2.45) is 0 Å². The third kappa shape index (κ3) is 3.96. The Morgan fingerprint density at radius 3 is 2.71 bits per heavy atom. The maximum Gasteiger partial charge on any atom is 0.304 e. The van der Waals surface area contributed by atoms with Crippen molar-refractivity contribution in [2.75, 3.05) is 13.1 Å². The van der Waals surface area contributed by atoms with E-state index in [4.69, 9.17) is 5.11 Å². The van der Waals surface area contributed by atoms with Crippen LogP contribution in [0.25, 0.3) is 0 Å². The summed E-state index contributed by atoms with van der Waals surface area (Å²) in [6.45, 7) is 4.20. The molecule has 2 rings (SSSR count). The highest BCUT2D eigenvalue weighted by Gasteiger charge is 2.34. The zero-order valence-corrected chi connectivity index (χ0v) is 10.7. The van der Waals surface area contributed by atoms with E-state index in [0.717, 1.165) is 13.1 Å². The predicted octanol–water partition coefficient (Wildman–Crippen LogP) is 1.46. The van der Waals surface area contributed by atoms with E-state index in [1.807, 2.05) is 0 Å². The van der Waals surface area contributed by atoms with Gasteiger partial charge < -0.3 is 10.4 Å². The Bertz CT molecular complexity index is 260. The van der Waals surface area contributed by atoms with Crippen LogP contribution in [0.4, 0.5) is 0 Å². The molecule has 0 bridgehead atoms. The second-order valence-corrected chi connectivity index (χ2v) is 5.52. The van der Waals surface area contributed by atoms with Gasteiger partial charge in [0.2, 0.25) is 0 Å². The standard InChI is InChI=1S/C13H24N2O2/c1-10(8-13(16)17)15(12-5-6-12)9-11-4-2-3-7-14-11/h10-12,14H,2-9H2,1H3,(H,16,17). The maximum absolute atomic E-state index is 10.8. The number of rotatable bonds is 6. The highest BCUT2D eigenvalue weighted by Crippen LogP contribution is 2.30. The number of aliphatic carboxylic acids is 1. The molecule has 2 aliphatic rings. The molecule has 0 aromatic heterocycles. The lowest BCUT2D eigenvalue weighted by Gasteiger charge is -2.34. The van der Waals surface area contributed by atoms with Crippen LogP contribution < -0.4 is 5.32 Å². The summed E-state index contributed by atoms with van der Waals surface area (Å²) in [4.78, 5) is 13.2. The summed E-state index contributed by atoms with van der Waals surface area (Å²) in [5.74, 6) is -0.681. The van der Waals surface area contributed by atoms with Crippen molar-refractivity contribution < 1.29 is 9.90 Å². The van der Waals surface area contributed by atoms with Gasteiger partial charge in [0, 0.05) is 24.7 Å². The summed E-state index contributed by atoms with van der Waals surface area (Å²) in [5, 5.41) is 12.4. The molecule has 0 aromatic rings. The fraction of sp³-hybridized carbons (Fsp3) is 0.923. The van der Waals surface area contributed by atoms with Crippen molar-refractivity contribution in [1.29, 1.82) is 0 Å². The minimum atomic E-state index is -0.681. The number of carboxylic acids is 1. The number of nitrogens with one attached hydrogen (secondary N) is 1. The molecule has 2 N–H and O–H groups in total. The number of hydrogen-bond donors (Lipinski definition) is 2. The van der Waals surface area contributed by atoms with Gasteiger partial charge in [-0.25, -0.2) is 0 Å². The van der Waals surface area contributed by atoms with Gasteiger partial charge in [0.05, 0.1) is 6.42 Å². The van der Waals surface area contributed by atoms with E-state index in [1.54, 1.807) is 0 Å². The van der Waals surface area contributed by atoms with E-state index in [-0.39, 0.29) is 12.5 Å². The summed E-state index contributed by atoms with van der Waals surface area (Å²) in [7, 11) is 0. The SMILES string of the molecule is CC(CC(=O)O)N(CC1CCCCN1)C1CC1. The fourth-order valence-corrected chi connectivity index (χ4v) is 2.80. The first-order chi connectivity index (χ1) is 8.16. The maximum atomic E-state index is 10.8. The van der Waals surface area contributed by atoms with Crippen LogP contribution in [0, 0.1) is 0 Å². The zero-order chi connectivity index (χ0) is 12.3. The molecule has 1 aliphatic carbocycles. The molecule has 0 spiro atoms. The average molecular weight is 240 g/mol. The van der Waals surface area contributed by atoms with Crippen molar-refractivity contribution in [2.45, 2.75) is 63.6 Å². The van der Waals surface area contributed by atoms with Gasteiger partial charge in [-0.15, -0.1) is 0 Å². The molecule has 1 aliphatic heterocycles. The highest BCUT2D eigenvalue weighted by atomic mass is 16.4. The number of carbonyl (C=O) groups is 1. The van der Waals surface area contributed by atoms with Gasteiger partial charge in [0.15, 0.2) is 0 Å². The molecular weight excluding hydrogens is 216 g/mol. The molecule has 2 unspecified atom stereocenters. The molecule has 0 aromatic carbocycles. The van der Waals surface area contributed by atoms with Crippen LogP contribution in [0.3, 0.4) is 0 Å². The molecule has 17 heavy (non-hydrogen) atoms. The first-order valence-electron chi connectivity index (χ1n) is 6.87. The zero-order valence-electron chi connectivity index (χ0n) is 10.7. The van der Waals surface area contributed by atoms with Crippen molar-refractivity contribution in [3.63, 3.8) is 0 Å². The summed E-state index contributed by atoms with van der Waals surface area (Å²) in [6, 6.07) is 1.39. The summed E-state index contributed by atoms with van der Waals surface area (Å²) < 4.78 is 0. The molecule has 98 valence electrons. The first-order valence-corrected chi connectivity index (χ1v) is 6.87. The molecule has 1 saturated heterocycles. The van der Waals surface area contributed by atoms with E-state index >= 15 is 0 Å². The van der Waals surface area contributed by atoms with Crippen LogP contribution in [0.1, 0.15) is 45.4 Å². The topological polar surface area (TPSA) is 52.6 Å². The van der Waals surface area contributed by atoms with Crippen molar-refractivity contribution in [3.05, 3.63) is 0 Å². The van der Waals surface area contributed by atoms with Gasteiger partial charge in [0.1, 0.15) is 0 Å². The monoisotopic (exact) mass is 240 g/mol. The van der Waals surface area contributed by atoms with Gasteiger partial charge >= 0.3 is 5.97 Å². The molecular formula is C13H24N2O2. The molecule has 1 heterocycles. The van der Waals surface area contributed by atoms with Gasteiger partial charge in [-0.2, -0.15) is 0 Å². The second-order valence-electron chi connectivity index (χ2n) is 5.52. The number of nitrogens with zero attached hydrogens (tertiary/aromatic N) is 1. The first kappa shape index (κ1) is 12.8. The minimum Gasteiger partial charge on any atom is -0.481 e. The van der Waals surface area contributed by atoms with Crippen LogP contribution in [0.2, 0.25) is 0 Å². The smallest absolute Gasteiger partial charge is 0.304 e. The predicted molar refractivity (Wildman–Crippen MR) is 67.1 cm³/mol. The molecule has 4 nitrogen and oxygen atoms in total. The fourth-order valence-electron chi connectivity index (χ4n) is 2.80. The van der Waals surface area contributed by atoms with E-state index in [1.165, 1.54) is 32.1 Å². The third-order valence-electron chi connectivity index (χ3n) is 3.90. The lowest BCUT2D eigenvalue weighted by atomic mass is 10.0. The lowest BCUT2D eigenvalue weighted by Crippen LogP contribution is -2.47. The van der Waals surface area contributed by atoms with E-state index < -0.39 is 5.97 Å². The van der Waals surface area contributed by atoms with Gasteiger partial charge in [-0.3, -0.25) is 9.69 Å². The molecule has 2 fully saturated rings. The summed E-state index contributed by atoms with van der Waals surface area (Å²) >= 11 is 0. The Morgan fingerprint density at radius 2 is 2.18 bits per heavy atom. The number of hydrogen-bond acceptors (Lipinski definition) is 3. The molecule has 4 heteroatoms. The van der Waals surface area contributed by atoms with Crippen LogP contribution in [-0.2, 0) is 4.79 Å². The van der Waals surface area contributed by atoms with Crippen LogP contribution in [0.5, 0.6) is 0 Å². The largest absolute Gasteiger partial charge is 0.481 e. The van der Waals surface area contributed by atoms with Crippen molar-refractivity contribution >= 4 is 5.97 Å². The third-order valence-corrected chi connectivity index (χ3v) is 3.90. The highest BCUT2D eigenvalue weighted by molar-refractivity contribution is 5.67. The molecule has 2 atom stereocenters. The van der Waals surface area contributed by atoms with Crippen molar-refractivity contribution in [1.82, 2.24) is 10.2 Å². The van der Waals surface area contributed by atoms with E-state index in [0.29, 0.717) is 12.1 Å². The quantitative estimate of drug-likeness (QED) is 0.738. The Balaban J connectivity index is 1.85. The van der Waals surface area contributed by atoms with Crippen molar-refractivity contribution in [3.8, 4) is 0 Å². The summed E-state index contributed by atoms with van der Waals surface area (Å²) in [5.41, 5.74) is 0. The van der Waals surface area contributed by atoms with Gasteiger partial charge in [-0.1, -0.05) is 6.42 Å². The van der Waals surface area contributed by atoms with E-state index in [9.17, 15) is 4.79 Å². The van der Waals surface area contributed by atoms with Crippen LogP contribution in [0.15, 0.2) is 0 Å². The summed E-state index contributed by atoms with van der Waals surface area (Å²) in [6.07, 6.45) is 6.59.